The lowest BCUT2D eigenvalue weighted by Gasteiger charge is -2.27. The summed E-state index contributed by atoms with van der Waals surface area (Å²) in [4.78, 5) is 41.0. The maximum Gasteiger partial charge on any atom is 0.340 e. The Bertz CT molecular complexity index is 471. The molecule has 0 aromatic carbocycles. The molecule has 1 amide bonds. The van der Waals surface area contributed by atoms with E-state index in [4.69, 9.17) is 9.47 Å². The first-order chi connectivity index (χ1) is 10.0. The SMILES string of the molecule is CCOC(=O)C(C(=O)OCC)N(Cc1cscn1)C(C)=O. The van der Waals surface area contributed by atoms with Crippen molar-refractivity contribution in [3.8, 4) is 0 Å². The van der Waals surface area contributed by atoms with Crippen LogP contribution < -0.4 is 0 Å². The van der Waals surface area contributed by atoms with Gasteiger partial charge in [0.05, 0.1) is 31.0 Å². The summed E-state index contributed by atoms with van der Waals surface area (Å²) in [6, 6.07) is -1.41. The molecule has 1 rings (SSSR count). The van der Waals surface area contributed by atoms with E-state index in [-0.39, 0.29) is 19.8 Å². The molecule has 0 N–H and O–H groups in total. The molecule has 0 saturated heterocycles. The number of thiazole rings is 1. The molecule has 0 bridgehead atoms. The second-order valence-corrected chi connectivity index (χ2v) is 4.75. The first-order valence-corrected chi connectivity index (χ1v) is 7.43. The van der Waals surface area contributed by atoms with Gasteiger partial charge >= 0.3 is 11.9 Å². The minimum atomic E-state index is -1.41. The monoisotopic (exact) mass is 314 g/mol. The van der Waals surface area contributed by atoms with Crippen LogP contribution in [-0.4, -0.2) is 47.0 Å². The minimum Gasteiger partial charge on any atom is -0.464 e. The second-order valence-electron chi connectivity index (χ2n) is 4.03. The van der Waals surface area contributed by atoms with E-state index in [9.17, 15) is 14.4 Å². The molecular formula is C13H18N2O5S. The molecule has 1 aromatic heterocycles. The van der Waals surface area contributed by atoms with Crippen LogP contribution in [0.3, 0.4) is 0 Å². The molecule has 0 spiro atoms. The fraction of sp³-hybridized carbons (Fsp3) is 0.538. The van der Waals surface area contributed by atoms with Crippen molar-refractivity contribution in [2.24, 2.45) is 0 Å². The Kier molecular flexibility index (Phi) is 6.80. The van der Waals surface area contributed by atoms with Gasteiger partial charge in [0.2, 0.25) is 11.9 Å². The van der Waals surface area contributed by atoms with Gasteiger partial charge in [-0.2, -0.15) is 0 Å². The first-order valence-electron chi connectivity index (χ1n) is 6.48. The van der Waals surface area contributed by atoms with E-state index in [1.54, 1.807) is 24.7 Å². The summed E-state index contributed by atoms with van der Waals surface area (Å²) in [6.45, 7) is 4.78. The quantitative estimate of drug-likeness (QED) is 0.551. The van der Waals surface area contributed by atoms with Crippen LogP contribution >= 0.6 is 11.3 Å². The van der Waals surface area contributed by atoms with E-state index in [1.807, 2.05) is 0 Å². The lowest BCUT2D eigenvalue weighted by Crippen LogP contribution is -2.50. The third-order valence-corrected chi connectivity index (χ3v) is 3.19. The van der Waals surface area contributed by atoms with E-state index in [0.29, 0.717) is 5.69 Å². The van der Waals surface area contributed by atoms with Crippen molar-refractivity contribution in [1.82, 2.24) is 9.88 Å². The van der Waals surface area contributed by atoms with Gasteiger partial charge < -0.3 is 14.4 Å². The summed E-state index contributed by atoms with van der Waals surface area (Å²) in [7, 11) is 0. The molecule has 0 aliphatic heterocycles. The zero-order valence-electron chi connectivity index (χ0n) is 12.2. The van der Waals surface area contributed by atoms with Crippen molar-refractivity contribution in [3.05, 3.63) is 16.6 Å². The Balaban J connectivity index is 3.01. The summed E-state index contributed by atoms with van der Waals surface area (Å²) >= 11 is 1.36. The topological polar surface area (TPSA) is 85.8 Å². The summed E-state index contributed by atoms with van der Waals surface area (Å²) in [6.07, 6.45) is 0. The third kappa shape index (κ3) is 4.82. The Morgan fingerprint density at radius 2 is 1.81 bits per heavy atom. The predicted molar refractivity (Wildman–Crippen MR) is 75.4 cm³/mol. The average Bonchev–Trinajstić information content (AvgIpc) is 2.91. The summed E-state index contributed by atoms with van der Waals surface area (Å²) in [5.74, 6) is -2.04. The smallest absolute Gasteiger partial charge is 0.340 e. The number of amides is 1. The summed E-state index contributed by atoms with van der Waals surface area (Å²) in [5.41, 5.74) is 2.20. The van der Waals surface area contributed by atoms with Crippen molar-refractivity contribution in [2.75, 3.05) is 13.2 Å². The van der Waals surface area contributed by atoms with Crippen molar-refractivity contribution in [3.63, 3.8) is 0 Å². The van der Waals surface area contributed by atoms with Crippen LogP contribution in [0.1, 0.15) is 26.5 Å². The largest absolute Gasteiger partial charge is 0.464 e. The molecule has 0 aliphatic carbocycles. The number of carbonyl (C=O) groups is 3. The zero-order chi connectivity index (χ0) is 15.8. The molecule has 0 aliphatic rings. The van der Waals surface area contributed by atoms with E-state index in [2.05, 4.69) is 4.98 Å². The van der Waals surface area contributed by atoms with Crippen LogP contribution in [0, 0.1) is 0 Å². The Hall–Kier alpha value is -1.96. The minimum absolute atomic E-state index is 0.0428. The first kappa shape index (κ1) is 17.1. The van der Waals surface area contributed by atoms with E-state index in [1.165, 1.54) is 18.3 Å². The Morgan fingerprint density at radius 1 is 1.24 bits per heavy atom. The van der Waals surface area contributed by atoms with Crippen molar-refractivity contribution in [2.45, 2.75) is 33.4 Å². The van der Waals surface area contributed by atoms with Crippen LogP contribution in [0.5, 0.6) is 0 Å². The number of hydrogen-bond acceptors (Lipinski definition) is 7. The van der Waals surface area contributed by atoms with Crippen LogP contribution in [0.4, 0.5) is 0 Å². The van der Waals surface area contributed by atoms with Gasteiger partial charge in [-0.3, -0.25) is 4.79 Å². The molecule has 7 nitrogen and oxygen atoms in total. The highest BCUT2D eigenvalue weighted by Crippen LogP contribution is 2.12. The lowest BCUT2D eigenvalue weighted by molar-refractivity contribution is -0.167. The van der Waals surface area contributed by atoms with Gasteiger partial charge in [0.1, 0.15) is 0 Å². The lowest BCUT2D eigenvalue weighted by atomic mass is 10.2. The number of carbonyl (C=O) groups excluding carboxylic acids is 3. The predicted octanol–water partition coefficient (Wildman–Crippen LogP) is 0.986. The molecular weight excluding hydrogens is 296 g/mol. The molecule has 0 fully saturated rings. The van der Waals surface area contributed by atoms with Gasteiger partial charge in [0.25, 0.3) is 0 Å². The highest BCUT2D eigenvalue weighted by Gasteiger charge is 2.37. The van der Waals surface area contributed by atoms with Gasteiger partial charge in [-0.1, -0.05) is 0 Å². The van der Waals surface area contributed by atoms with Crippen LogP contribution in [0.15, 0.2) is 10.9 Å². The second kappa shape index (κ2) is 8.35. The highest BCUT2D eigenvalue weighted by atomic mass is 32.1. The number of aromatic nitrogens is 1. The number of rotatable bonds is 7. The standard InChI is InChI=1S/C13H18N2O5S/c1-4-19-12(17)11(13(18)20-5-2)15(9(3)16)6-10-7-21-8-14-10/h7-8,11H,4-6H2,1-3H3. The van der Waals surface area contributed by atoms with Crippen LogP contribution in [0.25, 0.3) is 0 Å². The van der Waals surface area contributed by atoms with Crippen LogP contribution in [0.2, 0.25) is 0 Å². The van der Waals surface area contributed by atoms with E-state index in [0.717, 1.165) is 4.90 Å². The average molecular weight is 314 g/mol. The number of hydrogen-bond donors (Lipinski definition) is 0. The molecule has 8 heteroatoms. The van der Waals surface area contributed by atoms with Gasteiger partial charge in [-0.25, -0.2) is 14.6 Å². The van der Waals surface area contributed by atoms with E-state index >= 15 is 0 Å². The van der Waals surface area contributed by atoms with Gasteiger partial charge in [0.15, 0.2) is 0 Å². The van der Waals surface area contributed by atoms with Gasteiger partial charge in [-0.05, 0) is 13.8 Å². The number of nitrogens with zero attached hydrogens (tertiary/aromatic N) is 2. The third-order valence-electron chi connectivity index (χ3n) is 2.55. The Labute approximate surface area is 126 Å². The van der Waals surface area contributed by atoms with Crippen molar-refractivity contribution in [1.29, 1.82) is 0 Å². The summed E-state index contributed by atoms with van der Waals surface area (Å²) < 4.78 is 9.74. The molecule has 0 unspecified atom stereocenters. The highest BCUT2D eigenvalue weighted by molar-refractivity contribution is 7.07. The number of ether oxygens (including phenoxy) is 2. The Morgan fingerprint density at radius 3 is 2.19 bits per heavy atom. The molecule has 1 heterocycles. The maximum atomic E-state index is 12.0. The zero-order valence-corrected chi connectivity index (χ0v) is 13.0. The molecule has 116 valence electrons. The fourth-order valence-corrected chi connectivity index (χ4v) is 2.22. The van der Waals surface area contributed by atoms with Crippen LogP contribution in [-0.2, 0) is 30.4 Å². The van der Waals surface area contributed by atoms with Crippen molar-refractivity contribution >= 4 is 29.2 Å². The van der Waals surface area contributed by atoms with Gasteiger partial charge in [-0.15, -0.1) is 11.3 Å². The molecule has 0 atom stereocenters. The maximum absolute atomic E-state index is 12.0. The summed E-state index contributed by atoms with van der Waals surface area (Å²) in [5, 5.41) is 1.74. The van der Waals surface area contributed by atoms with E-state index < -0.39 is 23.9 Å². The molecule has 21 heavy (non-hydrogen) atoms. The van der Waals surface area contributed by atoms with Gasteiger partial charge in [0, 0.05) is 12.3 Å². The number of esters is 2. The normalized spacial score (nSPS) is 10.3. The van der Waals surface area contributed by atoms with Crippen molar-refractivity contribution < 1.29 is 23.9 Å². The fourth-order valence-electron chi connectivity index (χ4n) is 1.67. The molecule has 0 radical (unpaired) electrons. The molecule has 0 saturated carbocycles. The molecule has 1 aromatic rings.